The minimum atomic E-state index is -0.419. The van der Waals surface area contributed by atoms with Gasteiger partial charge in [0.1, 0.15) is 6.33 Å². The Kier molecular flexibility index (Phi) is 4.16. The molecule has 116 valence electrons. The topological polar surface area (TPSA) is 85.8 Å². The predicted molar refractivity (Wildman–Crippen MR) is 90.1 cm³/mol. The molecule has 4 rings (SSSR count). The summed E-state index contributed by atoms with van der Waals surface area (Å²) in [6, 6.07) is 7.50. The first kappa shape index (κ1) is 14.9. The van der Waals surface area contributed by atoms with Crippen molar-refractivity contribution in [2.45, 2.75) is 13.3 Å². The average Bonchev–Trinajstić information content (AvgIpc) is 3.22. The van der Waals surface area contributed by atoms with Gasteiger partial charge in [-0.25, -0.2) is 15.6 Å². The molecule has 2 aliphatic carbocycles. The minimum absolute atomic E-state index is 0.106. The quantitative estimate of drug-likeness (QED) is 0.655. The van der Waals surface area contributed by atoms with Crippen LogP contribution < -0.4 is 17.0 Å². The van der Waals surface area contributed by atoms with Gasteiger partial charge < -0.3 is 0 Å². The molecule has 2 aromatic rings. The molecule has 6 heteroatoms. The predicted octanol–water partition coefficient (Wildman–Crippen LogP) is 2.03. The van der Waals surface area contributed by atoms with Crippen molar-refractivity contribution in [1.29, 1.82) is 0 Å². The summed E-state index contributed by atoms with van der Waals surface area (Å²) in [5.74, 6) is 5.22. The highest BCUT2D eigenvalue weighted by atomic mass is 16.1. The summed E-state index contributed by atoms with van der Waals surface area (Å²) in [6.07, 6.45) is 11.3. The number of benzene rings is 1. The SMILES string of the molecule is C1=CC2=CC=C1C2.Cc1ccccc1-n1cnc(NN)nc1=O. The maximum Gasteiger partial charge on any atom is 0.356 e. The van der Waals surface area contributed by atoms with Gasteiger partial charge in [0, 0.05) is 0 Å². The molecule has 0 fully saturated rings. The summed E-state index contributed by atoms with van der Waals surface area (Å²) in [4.78, 5) is 19.2. The molecule has 0 atom stereocenters. The highest BCUT2D eigenvalue weighted by molar-refractivity contribution is 5.49. The van der Waals surface area contributed by atoms with Crippen LogP contribution in [0.4, 0.5) is 5.95 Å². The van der Waals surface area contributed by atoms with E-state index in [1.54, 1.807) is 0 Å². The van der Waals surface area contributed by atoms with Gasteiger partial charge >= 0.3 is 5.69 Å². The fourth-order valence-electron chi connectivity index (χ4n) is 2.41. The number of hydrazine groups is 1. The maximum atomic E-state index is 11.7. The zero-order valence-electron chi connectivity index (χ0n) is 12.7. The van der Waals surface area contributed by atoms with Crippen molar-refractivity contribution in [1.82, 2.24) is 14.5 Å². The summed E-state index contributed by atoms with van der Waals surface area (Å²) < 4.78 is 1.37. The average molecular weight is 307 g/mol. The first-order valence-electron chi connectivity index (χ1n) is 7.23. The van der Waals surface area contributed by atoms with E-state index in [1.807, 2.05) is 31.2 Å². The molecular formula is C17H17N5O. The molecular weight excluding hydrogens is 290 g/mol. The Morgan fingerprint density at radius 3 is 2.35 bits per heavy atom. The summed E-state index contributed by atoms with van der Waals surface area (Å²) in [6.45, 7) is 1.91. The minimum Gasteiger partial charge on any atom is -0.292 e. The van der Waals surface area contributed by atoms with Gasteiger partial charge in [-0.15, -0.1) is 0 Å². The van der Waals surface area contributed by atoms with Crippen LogP contribution in [0, 0.1) is 6.92 Å². The second kappa shape index (κ2) is 6.41. The van der Waals surface area contributed by atoms with Gasteiger partial charge in [0.15, 0.2) is 0 Å². The molecule has 0 radical (unpaired) electrons. The van der Waals surface area contributed by atoms with E-state index in [0.717, 1.165) is 11.3 Å². The number of nitrogens with one attached hydrogen (secondary N) is 1. The number of rotatable bonds is 2. The maximum absolute atomic E-state index is 11.7. The molecule has 0 unspecified atom stereocenters. The Bertz CT molecular complexity index is 857. The van der Waals surface area contributed by atoms with Gasteiger partial charge in [0.2, 0.25) is 5.95 Å². The molecule has 3 N–H and O–H groups in total. The largest absolute Gasteiger partial charge is 0.356 e. The third kappa shape index (κ3) is 3.27. The van der Waals surface area contributed by atoms with Gasteiger partial charge in [0.25, 0.3) is 0 Å². The standard InChI is InChI=1S/C10H11N5O.C7H6/c1-7-4-2-3-5-8(7)15-6-12-9(14-11)13-10(15)16;1-2-7-4-3-6(1)5-7/h2-6H,11H2,1H3,(H,13,14,16);1-4H,5H2. The number of nitrogen functional groups attached to an aromatic ring is 1. The van der Waals surface area contributed by atoms with Gasteiger partial charge in [-0.05, 0) is 36.1 Å². The second-order valence-electron chi connectivity index (χ2n) is 5.26. The Labute approximate surface area is 133 Å². The zero-order chi connectivity index (χ0) is 16.2. The third-order valence-corrected chi connectivity index (χ3v) is 3.64. The van der Waals surface area contributed by atoms with E-state index in [-0.39, 0.29) is 5.95 Å². The fourth-order valence-corrected chi connectivity index (χ4v) is 2.41. The Morgan fingerprint density at radius 1 is 1.17 bits per heavy atom. The first-order valence-corrected chi connectivity index (χ1v) is 7.23. The molecule has 0 saturated heterocycles. The van der Waals surface area contributed by atoms with E-state index < -0.39 is 5.69 Å². The van der Waals surface area contributed by atoms with Crippen molar-refractivity contribution < 1.29 is 0 Å². The van der Waals surface area contributed by atoms with Crippen molar-refractivity contribution in [3.8, 4) is 5.69 Å². The van der Waals surface area contributed by atoms with E-state index in [4.69, 9.17) is 5.84 Å². The summed E-state index contributed by atoms with van der Waals surface area (Å²) in [5.41, 5.74) is 6.48. The van der Waals surface area contributed by atoms with Gasteiger partial charge in [0.05, 0.1) is 5.69 Å². The van der Waals surface area contributed by atoms with Crippen LogP contribution in [-0.4, -0.2) is 14.5 Å². The Balaban J connectivity index is 0.000000183. The van der Waals surface area contributed by atoms with E-state index >= 15 is 0 Å². The number of aromatic nitrogens is 3. The van der Waals surface area contributed by atoms with E-state index in [0.29, 0.717) is 0 Å². The molecule has 1 aromatic carbocycles. The monoisotopic (exact) mass is 307 g/mol. The number of para-hydroxylation sites is 1. The van der Waals surface area contributed by atoms with Crippen LogP contribution >= 0.6 is 0 Å². The van der Waals surface area contributed by atoms with Crippen LogP contribution in [-0.2, 0) is 0 Å². The van der Waals surface area contributed by atoms with Crippen molar-refractivity contribution in [2.75, 3.05) is 5.43 Å². The molecule has 1 heterocycles. The second-order valence-corrected chi connectivity index (χ2v) is 5.26. The molecule has 6 nitrogen and oxygen atoms in total. The summed E-state index contributed by atoms with van der Waals surface area (Å²) in [7, 11) is 0. The molecule has 23 heavy (non-hydrogen) atoms. The number of aryl methyl sites for hydroxylation is 1. The molecule has 2 aliphatic rings. The van der Waals surface area contributed by atoms with Crippen LogP contribution in [0.3, 0.4) is 0 Å². The van der Waals surface area contributed by atoms with E-state index in [9.17, 15) is 4.79 Å². The number of hydrogen-bond acceptors (Lipinski definition) is 5. The van der Waals surface area contributed by atoms with Crippen LogP contribution in [0.5, 0.6) is 0 Å². The fraction of sp³-hybridized carbons (Fsp3) is 0.118. The lowest BCUT2D eigenvalue weighted by Crippen LogP contribution is -2.25. The lowest BCUT2D eigenvalue weighted by molar-refractivity contribution is 0.853. The highest BCUT2D eigenvalue weighted by Crippen LogP contribution is 2.27. The van der Waals surface area contributed by atoms with Crippen LogP contribution in [0.2, 0.25) is 0 Å². The van der Waals surface area contributed by atoms with E-state index in [1.165, 1.54) is 28.5 Å². The van der Waals surface area contributed by atoms with Crippen molar-refractivity contribution >= 4 is 5.95 Å². The van der Waals surface area contributed by atoms with Crippen LogP contribution in [0.1, 0.15) is 12.0 Å². The van der Waals surface area contributed by atoms with E-state index in [2.05, 4.69) is 39.7 Å². The highest BCUT2D eigenvalue weighted by Gasteiger charge is 2.08. The lowest BCUT2D eigenvalue weighted by Gasteiger charge is -2.07. The zero-order valence-corrected chi connectivity index (χ0v) is 12.7. The number of anilines is 1. The number of nitrogens with zero attached hydrogens (tertiary/aromatic N) is 3. The molecule has 1 aromatic heterocycles. The number of hydrogen-bond donors (Lipinski definition) is 2. The number of fused-ring (bicyclic) bond motifs is 2. The summed E-state index contributed by atoms with van der Waals surface area (Å²) in [5, 5.41) is 0. The third-order valence-electron chi connectivity index (χ3n) is 3.64. The van der Waals surface area contributed by atoms with Crippen molar-refractivity contribution in [3.05, 3.63) is 82.1 Å². The first-order chi connectivity index (χ1) is 11.2. The molecule has 0 amide bonds. The van der Waals surface area contributed by atoms with Crippen LogP contribution in [0.15, 0.2) is 70.8 Å². The molecule has 2 bridgehead atoms. The summed E-state index contributed by atoms with van der Waals surface area (Å²) >= 11 is 0. The molecule has 0 saturated carbocycles. The van der Waals surface area contributed by atoms with Crippen LogP contribution in [0.25, 0.3) is 5.69 Å². The van der Waals surface area contributed by atoms with Gasteiger partial charge in [-0.2, -0.15) is 4.98 Å². The van der Waals surface area contributed by atoms with Gasteiger partial charge in [-0.1, -0.05) is 42.5 Å². The number of nitrogens with two attached hydrogens (primary N) is 1. The molecule has 0 spiro atoms. The molecule has 0 aliphatic heterocycles. The smallest absolute Gasteiger partial charge is 0.292 e. The Morgan fingerprint density at radius 2 is 1.87 bits per heavy atom. The lowest BCUT2D eigenvalue weighted by atomic mass is 10.2. The number of allylic oxidation sites excluding steroid dienone is 6. The van der Waals surface area contributed by atoms with Crippen molar-refractivity contribution in [3.63, 3.8) is 0 Å². The van der Waals surface area contributed by atoms with Crippen molar-refractivity contribution in [2.24, 2.45) is 5.84 Å². The van der Waals surface area contributed by atoms with Gasteiger partial charge in [-0.3, -0.25) is 9.99 Å². The Hall–Kier alpha value is -2.99. The normalized spacial score (nSPS) is 14.0.